The molecule has 0 rings (SSSR count). The van der Waals surface area contributed by atoms with E-state index >= 15 is 0 Å². The summed E-state index contributed by atoms with van der Waals surface area (Å²) in [5.41, 5.74) is -0.379. The topological polar surface area (TPSA) is 70.0 Å². The first-order valence-corrected chi connectivity index (χ1v) is 6.49. The molecule has 0 aromatic rings. The van der Waals surface area contributed by atoms with Gasteiger partial charge < -0.3 is 0 Å². The molecule has 0 saturated heterocycles. The average molecular weight is 218 g/mol. The lowest BCUT2D eigenvalue weighted by molar-refractivity contribution is 0.342. The van der Waals surface area contributed by atoms with Gasteiger partial charge in [0, 0.05) is 5.54 Å². The highest BCUT2D eigenvalue weighted by Gasteiger charge is 2.28. The van der Waals surface area contributed by atoms with Crippen molar-refractivity contribution in [2.75, 3.05) is 5.75 Å². The van der Waals surface area contributed by atoms with Crippen LogP contribution in [0.4, 0.5) is 0 Å². The van der Waals surface area contributed by atoms with E-state index in [9.17, 15) is 8.42 Å². The van der Waals surface area contributed by atoms with Crippen molar-refractivity contribution in [3.63, 3.8) is 0 Å². The minimum Gasteiger partial charge on any atom is -0.211 e. The maximum atomic E-state index is 11.4. The number of nitriles is 1. The lowest BCUT2D eigenvalue weighted by Crippen LogP contribution is -2.47. The number of rotatable bonds is 6. The lowest BCUT2D eigenvalue weighted by atomic mass is 9.91. The van der Waals surface area contributed by atoms with Gasteiger partial charge in [0.15, 0.2) is 5.75 Å². The molecular formula is C9H18N2O2S. The molecule has 82 valence electrons. The Hall–Kier alpha value is -0.600. The zero-order valence-corrected chi connectivity index (χ0v) is 9.82. The van der Waals surface area contributed by atoms with Gasteiger partial charge in [-0.1, -0.05) is 20.8 Å². The summed E-state index contributed by atoms with van der Waals surface area (Å²) in [4.78, 5) is 0. The predicted molar refractivity (Wildman–Crippen MR) is 56.1 cm³/mol. The molecule has 0 radical (unpaired) electrons. The van der Waals surface area contributed by atoms with Crippen LogP contribution in [-0.4, -0.2) is 19.7 Å². The summed E-state index contributed by atoms with van der Waals surface area (Å²) in [5.74, 6) is -0.464. The minimum absolute atomic E-state index is 0.379. The number of hydrogen-bond donors (Lipinski definition) is 1. The van der Waals surface area contributed by atoms with E-state index in [0.29, 0.717) is 0 Å². The van der Waals surface area contributed by atoms with Gasteiger partial charge in [-0.25, -0.2) is 13.1 Å². The maximum absolute atomic E-state index is 11.4. The molecule has 0 amide bonds. The Bertz CT molecular complexity index is 291. The second-order valence-electron chi connectivity index (χ2n) is 3.36. The van der Waals surface area contributed by atoms with Crippen LogP contribution in [0.5, 0.6) is 0 Å². The van der Waals surface area contributed by atoms with E-state index in [-0.39, 0.29) is 5.54 Å². The summed E-state index contributed by atoms with van der Waals surface area (Å²) in [6.07, 6.45) is 2.22. The Morgan fingerprint density at radius 3 is 1.93 bits per heavy atom. The fourth-order valence-corrected chi connectivity index (χ4v) is 2.75. The molecule has 0 saturated carbocycles. The van der Waals surface area contributed by atoms with Gasteiger partial charge >= 0.3 is 0 Å². The van der Waals surface area contributed by atoms with Gasteiger partial charge in [-0.15, -0.1) is 0 Å². The second kappa shape index (κ2) is 5.32. The van der Waals surface area contributed by atoms with Gasteiger partial charge in [0.25, 0.3) is 0 Å². The van der Waals surface area contributed by atoms with Crippen LogP contribution in [0.25, 0.3) is 0 Å². The van der Waals surface area contributed by atoms with Crippen LogP contribution in [0.2, 0.25) is 0 Å². The monoisotopic (exact) mass is 218 g/mol. The van der Waals surface area contributed by atoms with E-state index in [4.69, 9.17) is 5.26 Å². The van der Waals surface area contributed by atoms with Crippen molar-refractivity contribution in [3.05, 3.63) is 0 Å². The Morgan fingerprint density at radius 1 is 1.21 bits per heavy atom. The Balaban J connectivity index is 4.70. The summed E-state index contributed by atoms with van der Waals surface area (Å²) in [5, 5.41) is 8.35. The van der Waals surface area contributed by atoms with E-state index in [2.05, 4.69) is 4.72 Å². The number of nitrogens with one attached hydrogen (secondary N) is 1. The van der Waals surface area contributed by atoms with Gasteiger partial charge in [0.2, 0.25) is 10.0 Å². The summed E-state index contributed by atoms with van der Waals surface area (Å²) < 4.78 is 25.4. The Kier molecular flexibility index (Phi) is 5.09. The standard InChI is InChI=1S/C9H18N2O2S/c1-4-9(5-2,6-3)11-14(12,13)8-7-10/h11H,4-6,8H2,1-3H3. The van der Waals surface area contributed by atoms with Crippen LogP contribution in [0, 0.1) is 11.3 Å². The molecule has 0 aliphatic rings. The van der Waals surface area contributed by atoms with E-state index in [0.717, 1.165) is 19.3 Å². The van der Waals surface area contributed by atoms with Gasteiger partial charge in [-0.05, 0) is 19.3 Å². The van der Waals surface area contributed by atoms with Gasteiger partial charge in [0.1, 0.15) is 0 Å². The highest BCUT2D eigenvalue weighted by molar-refractivity contribution is 7.89. The number of hydrogen-bond acceptors (Lipinski definition) is 3. The fourth-order valence-electron chi connectivity index (χ4n) is 1.42. The van der Waals surface area contributed by atoms with E-state index in [1.807, 2.05) is 20.8 Å². The molecule has 5 heteroatoms. The summed E-state index contributed by atoms with van der Waals surface area (Å²) >= 11 is 0. The third kappa shape index (κ3) is 3.64. The van der Waals surface area contributed by atoms with Gasteiger partial charge in [0.05, 0.1) is 6.07 Å². The zero-order chi connectivity index (χ0) is 11.2. The summed E-state index contributed by atoms with van der Waals surface area (Å²) in [6, 6.07) is 1.65. The van der Waals surface area contributed by atoms with Crippen molar-refractivity contribution in [1.29, 1.82) is 5.26 Å². The molecule has 0 aromatic carbocycles. The van der Waals surface area contributed by atoms with E-state index in [1.54, 1.807) is 6.07 Å². The van der Waals surface area contributed by atoms with Gasteiger partial charge in [-0.2, -0.15) is 5.26 Å². The average Bonchev–Trinajstić information content (AvgIpc) is 2.14. The molecule has 14 heavy (non-hydrogen) atoms. The fraction of sp³-hybridized carbons (Fsp3) is 0.889. The third-order valence-corrected chi connectivity index (χ3v) is 3.91. The van der Waals surface area contributed by atoms with Crippen LogP contribution in [0.15, 0.2) is 0 Å². The largest absolute Gasteiger partial charge is 0.225 e. The van der Waals surface area contributed by atoms with Crippen LogP contribution < -0.4 is 4.72 Å². The van der Waals surface area contributed by atoms with Crippen molar-refractivity contribution in [2.24, 2.45) is 0 Å². The highest BCUT2D eigenvalue weighted by Crippen LogP contribution is 2.20. The molecule has 0 fully saturated rings. The quantitative estimate of drug-likeness (QED) is 0.732. The minimum atomic E-state index is -3.44. The van der Waals surface area contributed by atoms with E-state index in [1.165, 1.54) is 0 Å². The molecule has 4 nitrogen and oxygen atoms in total. The van der Waals surface area contributed by atoms with Crippen molar-refractivity contribution in [1.82, 2.24) is 4.72 Å². The van der Waals surface area contributed by atoms with Crippen LogP contribution in [-0.2, 0) is 10.0 Å². The molecule has 0 aliphatic carbocycles. The van der Waals surface area contributed by atoms with Crippen molar-refractivity contribution >= 4 is 10.0 Å². The number of sulfonamides is 1. The van der Waals surface area contributed by atoms with Crippen molar-refractivity contribution in [3.8, 4) is 6.07 Å². The normalized spacial score (nSPS) is 12.4. The first kappa shape index (κ1) is 13.4. The molecule has 0 spiro atoms. The highest BCUT2D eigenvalue weighted by atomic mass is 32.2. The van der Waals surface area contributed by atoms with E-state index < -0.39 is 15.8 Å². The van der Waals surface area contributed by atoms with Crippen molar-refractivity contribution in [2.45, 2.75) is 45.6 Å². The van der Waals surface area contributed by atoms with Crippen LogP contribution >= 0.6 is 0 Å². The maximum Gasteiger partial charge on any atom is 0.225 e. The molecule has 0 heterocycles. The summed E-state index contributed by atoms with van der Waals surface area (Å²) in [7, 11) is -3.44. The predicted octanol–water partition coefficient (Wildman–Crippen LogP) is 1.40. The first-order chi connectivity index (χ1) is 6.45. The third-order valence-electron chi connectivity index (χ3n) is 2.66. The first-order valence-electron chi connectivity index (χ1n) is 4.84. The SMILES string of the molecule is CCC(CC)(CC)NS(=O)(=O)CC#N. The smallest absolute Gasteiger partial charge is 0.211 e. The van der Waals surface area contributed by atoms with Gasteiger partial charge in [-0.3, -0.25) is 0 Å². The molecule has 0 aliphatic heterocycles. The number of nitrogens with zero attached hydrogens (tertiary/aromatic N) is 1. The molecule has 1 N–H and O–H groups in total. The molecule has 0 unspecified atom stereocenters. The lowest BCUT2D eigenvalue weighted by Gasteiger charge is -2.30. The van der Waals surface area contributed by atoms with Crippen LogP contribution in [0.3, 0.4) is 0 Å². The Morgan fingerprint density at radius 2 is 1.64 bits per heavy atom. The van der Waals surface area contributed by atoms with Crippen LogP contribution in [0.1, 0.15) is 40.0 Å². The Labute approximate surface area is 86.4 Å². The second-order valence-corrected chi connectivity index (χ2v) is 5.08. The summed E-state index contributed by atoms with van der Waals surface area (Å²) in [6.45, 7) is 5.84. The molecular weight excluding hydrogens is 200 g/mol. The molecule has 0 aromatic heterocycles. The zero-order valence-electron chi connectivity index (χ0n) is 9.00. The molecule has 0 bridgehead atoms. The van der Waals surface area contributed by atoms with Crippen molar-refractivity contribution < 1.29 is 8.42 Å². The molecule has 0 atom stereocenters.